The summed E-state index contributed by atoms with van der Waals surface area (Å²) >= 11 is 0. The lowest BCUT2D eigenvalue weighted by atomic mass is 10.1. The van der Waals surface area contributed by atoms with Crippen LogP contribution in [0.5, 0.6) is 0 Å². The SMILES string of the molecule is CCC(C)N(CC)CCCC(C)CN. The summed E-state index contributed by atoms with van der Waals surface area (Å²) in [5.74, 6) is 0.686. The van der Waals surface area contributed by atoms with Crippen molar-refractivity contribution in [1.29, 1.82) is 0 Å². The van der Waals surface area contributed by atoms with E-state index in [2.05, 4.69) is 32.6 Å². The van der Waals surface area contributed by atoms with Crippen molar-refractivity contribution in [3.8, 4) is 0 Å². The molecule has 0 bridgehead atoms. The number of nitrogens with two attached hydrogens (primary N) is 1. The zero-order valence-electron chi connectivity index (χ0n) is 10.4. The molecule has 0 aliphatic heterocycles. The van der Waals surface area contributed by atoms with Crippen molar-refractivity contribution in [3.05, 3.63) is 0 Å². The predicted octanol–water partition coefficient (Wildman–Crippen LogP) is 2.48. The number of hydrogen-bond acceptors (Lipinski definition) is 2. The van der Waals surface area contributed by atoms with Crippen LogP contribution in [0.2, 0.25) is 0 Å². The van der Waals surface area contributed by atoms with E-state index in [0.29, 0.717) is 5.92 Å². The molecule has 0 fully saturated rings. The molecule has 14 heavy (non-hydrogen) atoms. The van der Waals surface area contributed by atoms with E-state index in [0.717, 1.165) is 12.6 Å². The summed E-state index contributed by atoms with van der Waals surface area (Å²) in [5, 5.41) is 0. The fraction of sp³-hybridized carbons (Fsp3) is 1.00. The number of hydrogen-bond donors (Lipinski definition) is 1. The molecule has 0 aromatic heterocycles. The maximum absolute atomic E-state index is 5.59. The van der Waals surface area contributed by atoms with Crippen molar-refractivity contribution in [2.45, 2.75) is 53.0 Å². The second-order valence-electron chi connectivity index (χ2n) is 4.37. The smallest absolute Gasteiger partial charge is 0.00641 e. The van der Waals surface area contributed by atoms with Crippen LogP contribution in [0.3, 0.4) is 0 Å². The van der Waals surface area contributed by atoms with Gasteiger partial charge in [-0.3, -0.25) is 0 Å². The number of nitrogens with zero attached hydrogens (tertiary/aromatic N) is 1. The van der Waals surface area contributed by atoms with Crippen LogP contribution in [0.25, 0.3) is 0 Å². The Labute approximate surface area is 89.9 Å². The molecule has 0 amide bonds. The largest absolute Gasteiger partial charge is 0.330 e. The van der Waals surface area contributed by atoms with Gasteiger partial charge in [0.25, 0.3) is 0 Å². The Bertz CT molecular complexity index is 125. The van der Waals surface area contributed by atoms with Gasteiger partial charge in [-0.05, 0) is 51.7 Å². The fourth-order valence-corrected chi connectivity index (χ4v) is 1.71. The Morgan fingerprint density at radius 1 is 1.21 bits per heavy atom. The van der Waals surface area contributed by atoms with Gasteiger partial charge < -0.3 is 10.6 Å². The van der Waals surface area contributed by atoms with Crippen molar-refractivity contribution in [3.63, 3.8) is 0 Å². The molecule has 0 aliphatic rings. The minimum Gasteiger partial charge on any atom is -0.330 e. The molecule has 0 saturated carbocycles. The lowest BCUT2D eigenvalue weighted by Crippen LogP contribution is -2.33. The zero-order chi connectivity index (χ0) is 11.0. The van der Waals surface area contributed by atoms with Crippen molar-refractivity contribution in [2.75, 3.05) is 19.6 Å². The van der Waals surface area contributed by atoms with Crippen LogP contribution in [0.1, 0.15) is 47.0 Å². The quantitative estimate of drug-likeness (QED) is 0.652. The van der Waals surface area contributed by atoms with Gasteiger partial charge >= 0.3 is 0 Å². The lowest BCUT2D eigenvalue weighted by molar-refractivity contribution is 0.207. The van der Waals surface area contributed by atoms with Gasteiger partial charge in [-0.15, -0.1) is 0 Å². The van der Waals surface area contributed by atoms with Crippen LogP contribution in [0, 0.1) is 5.92 Å². The molecule has 2 atom stereocenters. The highest BCUT2D eigenvalue weighted by Crippen LogP contribution is 2.08. The normalized spacial score (nSPS) is 15.9. The third-order valence-corrected chi connectivity index (χ3v) is 3.16. The van der Waals surface area contributed by atoms with E-state index >= 15 is 0 Å². The highest BCUT2D eigenvalue weighted by Gasteiger charge is 2.09. The molecule has 2 heteroatoms. The topological polar surface area (TPSA) is 29.3 Å². The predicted molar refractivity (Wildman–Crippen MR) is 64.5 cm³/mol. The third-order valence-electron chi connectivity index (χ3n) is 3.16. The summed E-state index contributed by atoms with van der Waals surface area (Å²) in [7, 11) is 0. The lowest BCUT2D eigenvalue weighted by Gasteiger charge is -2.27. The van der Waals surface area contributed by atoms with Crippen molar-refractivity contribution in [1.82, 2.24) is 4.90 Å². The molecule has 0 spiro atoms. The van der Waals surface area contributed by atoms with Gasteiger partial charge in [0.05, 0.1) is 0 Å². The van der Waals surface area contributed by atoms with Crippen LogP contribution in [0.15, 0.2) is 0 Å². The van der Waals surface area contributed by atoms with E-state index in [9.17, 15) is 0 Å². The highest BCUT2D eigenvalue weighted by molar-refractivity contribution is 4.65. The highest BCUT2D eigenvalue weighted by atomic mass is 15.1. The Hall–Kier alpha value is -0.0800. The van der Waals surface area contributed by atoms with Gasteiger partial charge in [-0.2, -0.15) is 0 Å². The first-order valence-corrected chi connectivity index (χ1v) is 6.09. The molecule has 0 heterocycles. The molecule has 0 radical (unpaired) electrons. The summed E-state index contributed by atoms with van der Waals surface area (Å²) in [4.78, 5) is 2.56. The summed E-state index contributed by atoms with van der Waals surface area (Å²) in [6.45, 7) is 12.3. The van der Waals surface area contributed by atoms with Crippen LogP contribution < -0.4 is 5.73 Å². The van der Waals surface area contributed by atoms with Gasteiger partial charge in [0.1, 0.15) is 0 Å². The fourth-order valence-electron chi connectivity index (χ4n) is 1.71. The van der Waals surface area contributed by atoms with Crippen LogP contribution >= 0.6 is 0 Å². The summed E-state index contributed by atoms with van der Waals surface area (Å²) in [6.07, 6.45) is 3.81. The van der Waals surface area contributed by atoms with E-state index in [1.54, 1.807) is 0 Å². The molecule has 0 rings (SSSR count). The first-order valence-electron chi connectivity index (χ1n) is 6.09. The summed E-state index contributed by atoms with van der Waals surface area (Å²) in [5.41, 5.74) is 5.59. The van der Waals surface area contributed by atoms with Gasteiger partial charge in [0.15, 0.2) is 0 Å². The third kappa shape index (κ3) is 5.61. The minimum absolute atomic E-state index is 0.686. The molecule has 0 saturated heterocycles. The zero-order valence-corrected chi connectivity index (χ0v) is 10.4. The summed E-state index contributed by atoms with van der Waals surface area (Å²) in [6, 6.07) is 0.730. The molecule has 2 nitrogen and oxygen atoms in total. The minimum atomic E-state index is 0.686. The van der Waals surface area contributed by atoms with E-state index in [1.165, 1.54) is 32.4 Å². The van der Waals surface area contributed by atoms with Crippen molar-refractivity contribution in [2.24, 2.45) is 11.7 Å². The molecule has 0 aromatic rings. The average molecular weight is 200 g/mol. The Kier molecular flexibility index (Phi) is 8.20. The van der Waals surface area contributed by atoms with Crippen LogP contribution in [-0.2, 0) is 0 Å². The molecule has 0 aliphatic carbocycles. The van der Waals surface area contributed by atoms with E-state index in [1.807, 2.05) is 0 Å². The van der Waals surface area contributed by atoms with Gasteiger partial charge in [0, 0.05) is 6.04 Å². The second kappa shape index (κ2) is 8.25. The van der Waals surface area contributed by atoms with Crippen molar-refractivity contribution >= 4 is 0 Å². The first-order chi connectivity index (χ1) is 6.65. The van der Waals surface area contributed by atoms with Crippen molar-refractivity contribution < 1.29 is 0 Å². The average Bonchev–Trinajstić information content (AvgIpc) is 2.22. The van der Waals surface area contributed by atoms with E-state index in [4.69, 9.17) is 5.73 Å². The van der Waals surface area contributed by atoms with Gasteiger partial charge in [-0.25, -0.2) is 0 Å². The molecule has 2 unspecified atom stereocenters. The van der Waals surface area contributed by atoms with E-state index in [-0.39, 0.29) is 0 Å². The van der Waals surface area contributed by atoms with Gasteiger partial charge in [-0.1, -0.05) is 20.8 Å². The molecule has 86 valence electrons. The molecular formula is C12H28N2. The summed E-state index contributed by atoms with van der Waals surface area (Å²) < 4.78 is 0. The first kappa shape index (κ1) is 13.9. The van der Waals surface area contributed by atoms with E-state index < -0.39 is 0 Å². The monoisotopic (exact) mass is 200 g/mol. The van der Waals surface area contributed by atoms with Crippen LogP contribution in [-0.4, -0.2) is 30.6 Å². The standard InChI is InChI=1S/C12H28N2/c1-5-12(4)14(6-2)9-7-8-11(3)10-13/h11-12H,5-10,13H2,1-4H3. The Balaban J connectivity index is 3.62. The Morgan fingerprint density at radius 2 is 1.86 bits per heavy atom. The van der Waals surface area contributed by atoms with Gasteiger partial charge in [0.2, 0.25) is 0 Å². The second-order valence-corrected chi connectivity index (χ2v) is 4.37. The molecule has 0 aromatic carbocycles. The number of rotatable bonds is 8. The maximum atomic E-state index is 5.59. The molecular weight excluding hydrogens is 172 g/mol. The van der Waals surface area contributed by atoms with Crippen LogP contribution in [0.4, 0.5) is 0 Å². The molecule has 2 N–H and O–H groups in total. The Morgan fingerprint density at radius 3 is 2.29 bits per heavy atom. The maximum Gasteiger partial charge on any atom is 0.00641 e.